The van der Waals surface area contributed by atoms with Crippen molar-refractivity contribution < 1.29 is 18.8 Å². The molecule has 0 saturated carbocycles. The minimum absolute atomic E-state index is 0.162. The van der Waals surface area contributed by atoms with Gasteiger partial charge in [0, 0.05) is 71.9 Å². The summed E-state index contributed by atoms with van der Waals surface area (Å²) in [6, 6.07) is 28.6. The Morgan fingerprint density at radius 1 is 0.700 bits per heavy atom. The summed E-state index contributed by atoms with van der Waals surface area (Å²) in [6.07, 6.45) is 1.77. The van der Waals surface area contributed by atoms with Gasteiger partial charge in [-0.1, -0.05) is 54.6 Å². The number of carbonyl (C=O) groups is 1. The molecule has 0 atom stereocenters. The van der Waals surface area contributed by atoms with Crippen LogP contribution in [0.25, 0.3) is 0 Å². The van der Waals surface area contributed by atoms with Gasteiger partial charge in [0.15, 0.2) is 0 Å². The molecule has 3 aliphatic heterocycles. The van der Waals surface area contributed by atoms with Gasteiger partial charge in [-0.2, -0.15) is 5.10 Å². The van der Waals surface area contributed by atoms with E-state index in [0.29, 0.717) is 5.56 Å². The van der Waals surface area contributed by atoms with Crippen molar-refractivity contribution in [1.29, 1.82) is 0 Å². The smallest absolute Gasteiger partial charge is 0.456 e. The van der Waals surface area contributed by atoms with Gasteiger partial charge in [0.05, 0.1) is 17.4 Å². The van der Waals surface area contributed by atoms with Crippen molar-refractivity contribution in [2.75, 3.05) is 36.0 Å². The summed E-state index contributed by atoms with van der Waals surface area (Å²) in [5, 5.41) is 6.70. The van der Waals surface area contributed by atoms with Gasteiger partial charge in [-0.3, -0.25) is 4.79 Å². The van der Waals surface area contributed by atoms with E-state index in [2.05, 4.69) is 108 Å². The van der Waals surface area contributed by atoms with E-state index in [0.717, 1.165) is 76.8 Å². The van der Waals surface area contributed by atoms with Crippen LogP contribution in [0, 0.1) is 0 Å². The Bertz CT molecular complexity index is 1870. The molecule has 50 heavy (non-hydrogen) atoms. The van der Waals surface area contributed by atoms with Crippen LogP contribution in [0.5, 0.6) is 11.5 Å². The zero-order valence-corrected chi connectivity index (χ0v) is 30.5. The first-order valence-corrected chi connectivity index (χ1v) is 17.9. The number of carbonyl (C=O) groups excluding carboxylic acids is 1. The number of hydrazone groups is 1. The SMILES string of the molecule is CCN(CC)c1ccc2c(c1)Oc1cc(N(CC)CC)ccc1C21c2ccccc2C(=O)N1/N=C/c1ccc(B2OC(C)(C)C(C)(C)O2)cc1. The lowest BCUT2D eigenvalue weighted by atomic mass is 9.75. The molecule has 9 heteroatoms. The van der Waals surface area contributed by atoms with Crippen LogP contribution in [0.1, 0.15) is 88.0 Å². The number of ether oxygens (including phenoxy) is 1. The minimum Gasteiger partial charge on any atom is -0.456 e. The number of nitrogens with zero attached hydrogens (tertiary/aromatic N) is 4. The molecule has 0 radical (unpaired) electrons. The van der Waals surface area contributed by atoms with E-state index in [1.54, 1.807) is 11.2 Å². The first-order valence-electron chi connectivity index (χ1n) is 17.9. The molecule has 8 nitrogen and oxygen atoms in total. The van der Waals surface area contributed by atoms with Crippen LogP contribution >= 0.6 is 0 Å². The van der Waals surface area contributed by atoms with E-state index in [-0.39, 0.29) is 5.91 Å². The molecular weight excluding hydrogens is 623 g/mol. The zero-order valence-electron chi connectivity index (χ0n) is 30.5. The van der Waals surface area contributed by atoms with Gasteiger partial charge in [0.1, 0.15) is 17.0 Å². The third kappa shape index (κ3) is 5.21. The third-order valence-corrected chi connectivity index (χ3v) is 11.0. The number of rotatable bonds is 9. The van der Waals surface area contributed by atoms with Crippen LogP contribution in [-0.4, -0.2) is 61.6 Å². The van der Waals surface area contributed by atoms with Gasteiger partial charge in [0.25, 0.3) is 5.91 Å². The Morgan fingerprint density at radius 2 is 1.22 bits per heavy atom. The van der Waals surface area contributed by atoms with E-state index in [1.165, 1.54) is 0 Å². The van der Waals surface area contributed by atoms with Crippen LogP contribution in [0.3, 0.4) is 0 Å². The molecule has 0 bridgehead atoms. The van der Waals surface area contributed by atoms with Gasteiger partial charge >= 0.3 is 7.12 Å². The van der Waals surface area contributed by atoms with Crippen molar-refractivity contribution >= 4 is 36.1 Å². The summed E-state index contributed by atoms with van der Waals surface area (Å²) < 4.78 is 19.4. The maximum Gasteiger partial charge on any atom is 0.494 e. The van der Waals surface area contributed by atoms with Crippen LogP contribution < -0.4 is 20.0 Å². The first-order chi connectivity index (χ1) is 24.0. The van der Waals surface area contributed by atoms with E-state index in [4.69, 9.17) is 19.1 Å². The number of anilines is 2. The number of amides is 1. The second-order valence-electron chi connectivity index (χ2n) is 14.2. The molecule has 4 aromatic carbocycles. The van der Waals surface area contributed by atoms with Gasteiger partial charge < -0.3 is 23.8 Å². The lowest BCUT2D eigenvalue weighted by Gasteiger charge is -2.42. The van der Waals surface area contributed by atoms with Gasteiger partial charge in [-0.25, -0.2) is 5.01 Å². The Hall–Kier alpha value is -4.60. The molecule has 1 spiro atoms. The standard InChI is InChI=1S/C41H47BN4O4/c1-9-44(10-2)30-21-23-34-36(25-30)48-37-26-31(45(11-3)12-4)22-24-35(37)41(34)33-16-14-13-15-32(33)38(47)46(41)43-27-28-17-19-29(20-18-28)42-49-39(5,6)40(7,8)50-42/h13-27H,9-12H2,1-8H3/b43-27+. The fourth-order valence-electron chi connectivity index (χ4n) is 7.49. The molecule has 0 aromatic heterocycles. The van der Waals surface area contributed by atoms with Crippen LogP contribution in [-0.2, 0) is 14.8 Å². The Kier molecular flexibility index (Phi) is 8.55. The van der Waals surface area contributed by atoms with Crippen molar-refractivity contribution in [3.8, 4) is 11.5 Å². The second-order valence-corrected chi connectivity index (χ2v) is 14.2. The molecule has 1 saturated heterocycles. The quantitative estimate of drug-likeness (QED) is 0.135. The average Bonchev–Trinajstić information content (AvgIpc) is 3.49. The highest BCUT2D eigenvalue weighted by molar-refractivity contribution is 6.62. The predicted octanol–water partition coefficient (Wildman–Crippen LogP) is 7.57. The Balaban J connectivity index is 1.36. The molecular formula is C41H47BN4O4. The van der Waals surface area contributed by atoms with Crippen molar-refractivity contribution in [2.24, 2.45) is 5.10 Å². The minimum atomic E-state index is -1.04. The molecule has 0 unspecified atom stereocenters. The molecule has 3 heterocycles. The number of hydrogen-bond acceptors (Lipinski definition) is 7. The lowest BCUT2D eigenvalue weighted by molar-refractivity contribution is 0.00578. The number of benzene rings is 4. The Morgan fingerprint density at radius 3 is 1.74 bits per heavy atom. The number of hydrogen-bond donors (Lipinski definition) is 0. The van der Waals surface area contributed by atoms with E-state index < -0.39 is 23.9 Å². The van der Waals surface area contributed by atoms with Gasteiger partial charge in [0.2, 0.25) is 0 Å². The van der Waals surface area contributed by atoms with E-state index in [9.17, 15) is 4.79 Å². The van der Waals surface area contributed by atoms with Crippen LogP contribution in [0.15, 0.2) is 90.0 Å². The van der Waals surface area contributed by atoms with Gasteiger partial charge in [-0.15, -0.1) is 0 Å². The summed E-state index contributed by atoms with van der Waals surface area (Å²) in [4.78, 5) is 19.1. The molecule has 1 amide bonds. The first kappa shape index (κ1) is 33.9. The summed E-state index contributed by atoms with van der Waals surface area (Å²) >= 11 is 0. The molecule has 1 fully saturated rings. The van der Waals surface area contributed by atoms with E-state index in [1.807, 2.05) is 42.5 Å². The summed E-state index contributed by atoms with van der Waals surface area (Å²) in [6.45, 7) is 20.3. The highest BCUT2D eigenvalue weighted by Gasteiger charge is 2.57. The molecule has 7 rings (SSSR count). The van der Waals surface area contributed by atoms with Crippen molar-refractivity contribution in [3.63, 3.8) is 0 Å². The highest BCUT2D eigenvalue weighted by Crippen LogP contribution is 2.58. The van der Waals surface area contributed by atoms with Crippen molar-refractivity contribution in [2.45, 2.75) is 72.1 Å². The summed E-state index contributed by atoms with van der Waals surface area (Å²) in [5.41, 5.74) is 5.30. The molecule has 3 aliphatic rings. The Labute approximate surface area is 296 Å². The monoisotopic (exact) mass is 670 g/mol. The summed E-state index contributed by atoms with van der Waals surface area (Å²) in [5.74, 6) is 1.27. The maximum atomic E-state index is 14.5. The highest BCUT2D eigenvalue weighted by atomic mass is 16.7. The molecule has 4 aromatic rings. The predicted molar refractivity (Wildman–Crippen MR) is 202 cm³/mol. The van der Waals surface area contributed by atoms with Crippen molar-refractivity contribution in [3.05, 3.63) is 113 Å². The average molecular weight is 671 g/mol. The molecule has 0 aliphatic carbocycles. The largest absolute Gasteiger partial charge is 0.494 e. The van der Waals surface area contributed by atoms with Crippen LogP contribution in [0.2, 0.25) is 0 Å². The maximum absolute atomic E-state index is 14.5. The number of fused-ring (bicyclic) bond motifs is 6. The zero-order chi connectivity index (χ0) is 35.4. The summed E-state index contributed by atoms with van der Waals surface area (Å²) in [7, 11) is -0.457. The van der Waals surface area contributed by atoms with E-state index >= 15 is 0 Å². The molecule has 0 N–H and O–H groups in total. The lowest BCUT2D eigenvalue weighted by Crippen LogP contribution is -2.44. The van der Waals surface area contributed by atoms with Gasteiger partial charge in [-0.05, 0) is 84.6 Å². The fraction of sp³-hybridized carbons (Fsp3) is 0.366. The normalized spacial score (nSPS) is 17.9. The second kappa shape index (κ2) is 12.6. The fourth-order valence-corrected chi connectivity index (χ4v) is 7.49. The molecule has 258 valence electrons. The van der Waals surface area contributed by atoms with Crippen LogP contribution in [0.4, 0.5) is 11.4 Å². The third-order valence-electron chi connectivity index (χ3n) is 11.0. The topological polar surface area (TPSA) is 66.8 Å². The van der Waals surface area contributed by atoms with Crippen molar-refractivity contribution in [1.82, 2.24) is 5.01 Å².